The lowest BCUT2D eigenvalue weighted by Crippen LogP contribution is -2.10. The predicted molar refractivity (Wildman–Crippen MR) is 46.0 cm³/mol. The Morgan fingerprint density at radius 3 is 3.00 bits per heavy atom. The monoisotopic (exact) mass is 180 g/mol. The van der Waals surface area contributed by atoms with Crippen LogP contribution in [0, 0.1) is 0 Å². The van der Waals surface area contributed by atoms with Crippen molar-refractivity contribution in [3.63, 3.8) is 0 Å². The van der Waals surface area contributed by atoms with Gasteiger partial charge in [-0.25, -0.2) is 9.97 Å². The third-order valence-electron chi connectivity index (χ3n) is 1.22. The van der Waals surface area contributed by atoms with Crippen molar-refractivity contribution >= 4 is 23.8 Å². The molecular formula is C7H8N4O2. The number of nitrogens with zero attached hydrogens (tertiary/aromatic N) is 2. The minimum Gasteiger partial charge on any atom is -0.322 e. The van der Waals surface area contributed by atoms with Crippen LogP contribution in [0.3, 0.4) is 0 Å². The second kappa shape index (κ2) is 4.15. The fourth-order valence-electron chi connectivity index (χ4n) is 0.782. The van der Waals surface area contributed by atoms with Crippen molar-refractivity contribution in [3.05, 3.63) is 12.5 Å². The van der Waals surface area contributed by atoms with Crippen LogP contribution < -0.4 is 10.6 Å². The van der Waals surface area contributed by atoms with Gasteiger partial charge in [0, 0.05) is 6.92 Å². The van der Waals surface area contributed by atoms with E-state index < -0.39 is 0 Å². The number of nitrogens with one attached hydrogen (secondary N) is 2. The van der Waals surface area contributed by atoms with Gasteiger partial charge >= 0.3 is 0 Å². The smallest absolute Gasteiger partial charge is 0.221 e. The quantitative estimate of drug-likeness (QED) is 0.641. The molecule has 1 aromatic rings. The number of carbonyl (C=O) groups excluding carboxylic acids is 2. The summed E-state index contributed by atoms with van der Waals surface area (Å²) in [5, 5.41) is 4.81. The van der Waals surface area contributed by atoms with Gasteiger partial charge in [0.05, 0.1) is 6.20 Å². The summed E-state index contributed by atoms with van der Waals surface area (Å²) in [6.07, 6.45) is 3.16. The maximum Gasteiger partial charge on any atom is 0.221 e. The Morgan fingerprint density at radius 2 is 2.38 bits per heavy atom. The van der Waals surface area contributed by atoms with Crippen molar-refractivity contribution in [2.75, 3.05) is 10.6 Å². The summed E-state index contributed by atoms with van der Waals surface area (Å²) in [7, 11) is 0. The third kappa shape index (κ3) is 2.51. The molecule has 0 bridgehead atoms. The first kappa shape index (κ1) is 9.11. The number of aromatic nitrogens is 2. The fourth-order valence-corrected chi connectivity index (χ4v) is 0.782. The van der Waals surface area contributed by atoms with Crippen molar-refractivity contribution in [1.82, 2.24) is 9.97 Å². The maximum absolute atomic E-state index is 10.7. The summed E-state index contributed by atoms with van der Waals surface area (Å²) in [5.41, 5.74) is 0.377. The third-order valence-corrected chi connectivity index (χ3v) is 1.22. The van der Waals surface area contributed by atoms with Gasteiger partial charge in [0.2, 0.25) is 12.3 Å². The van der Waals surface area contributed by atoms with E-state index in [-0.39, 0.29) is 11.7 Å². The van der Waals surface area contributed by atoms with Gasteiger partial charge in [-0.3, -0.25) is 9.59 Å². The topological polar surface area (TPSA) is 84.0 Å². The zero-order valence-electron chi connectivity index (χ0n) is 6.94. The Labute approximate surface area is 74.4 Å². The summed E-state index contributed by atoms with van der Waals surface area (Å²) in [6.45, 7) is 1.36. The average molecular weight is 180 g/mol. The highest BCUT2D eigenvalue weighted by molar-refractivity contribution is 5.93. The van der Waals surface area contributed by atoms with Gasteiger partial charge in [-0.15, -0.1) is 0 Å². The highest BCUT2D eigenvalue weighted by Gasteiger charge is 2.03. The summed E-state index contributed by atoms with van der Waals surface area (Å²) >= 11 is 0. The van der Waals surface area contributed by atoms with Crippen LogP contribution in [0.1, 0.15) is 6.92 Å². The Bertz CT molecular complexity index is 326. The van der Waals surface area contributed by atoms with Gasteiger partial charge < -0.3 is 10.6 Å². The summed E-state index contributed by atoms with van der Waals surface area (Å²) in [4.78, 5) is 28.3. The first-order valence-corrected chi connectivity index (χ1v) is 3.52. The zero-order valence-corrected chi connectivity index (χ0v) is 6.94. The van der Waals surface area contributed by atoms with Crippen LogP contribution in [0.4, 0.5) is 11.5 Å². The molecule has 6 heteroatoms. The van der Waals surface area contributed by atoms with Crippen LogP contribution in [-0.4, -0.2) is 22.3 Å². The minimum absolute atomic E-state index is 0.247. The lowest BCUT2D eigenvalue weighted by atomic mass is 10.4. The second-order valence-electron chi connectivity index (χ2n) is 2.23. The van der Waals surface area contributed by atoms with E-state index in [1.165, 1.54) is 19.4 Å². The molecular weight excluding hydrogens is 172 g/mol. The fraction of sp³-hybridized carbons (Fsp3) is 0.143. The molecule has 0 atom stereocenters. The Hall–Kier alpha value is -1.98. The van der Waals surface area contributed by atoms with Crippen LogP contribution >= 0.6 is 0 Å². The molecule has 0 radical (unpaired) electrons. The van der Waals surface area contributed by atoms with Crippen LogP contribution in [0.25, 0.3) is 0 Å². The van der Waals surface area contributed by atoms with E-state index in [9.17, 15) is 9.59 Å². The van der Waals surface area contributed by atoms with E-state index in [1.807, 2.05) is 0 Å². The number of carbonyl (C=O) groups is 2. The number of hydrogen-bond donors (Lipinski definition) is 2. The average Bonchev–Trinajstić information content (AvgIpc) is 2.08. The lowest BCUT2D eigenvalue weighted by Gasteiger charge is -2.05. The van der Waals surface area contributed by atoms with Crippen LogP contribution in [0.2, 0.25) is 0 Å². The summed E-state index contributed by atoms with van der Waals surface area (Å²) in [6, 6.07) is 0. The summed E-state index contributed by atoms with van der Waals surface area (Å²) < 4.78 is 0. The highest BCUT2D eigenvalue weighted by atomic mass is 16.1. The van der Waals surface area contributed by atoms with Gasteiger partial charge in [0.25, 0.3) is 0 Å². The zero-order chi connectivity index (χ0) is 9.68. The number of rotatable bonds is 3. The SMILES string of the molecule is CC(=O)Nc1cncnc1NC=O. The number of hydrogen-bond acceptors (Lipinski definition) is 4. The molecule has 2 N–H and O–H groups in total. The molecule has 0 aliphatic carbocycles. The van der Waals surface area contributed by atoms with Gasteiger partial charge in [-0.2, -0.15) is 0 Å². The van der Waals surface area contributed by atoms with E-state index in [1.54, 1.807) is 0 Å². The van der Waals surface area contributed by atoms with Crippen molar-refractivity contribution in [2.45, 2.75) is 6.92 Å². The van der Waals surface area contributed by atoms with Gasteiger partial charge in [-0.1, -0.05) is 0 Å². The van der Waals surface area contributed by atoms with Crippen molar-refractivity contribution in [1.29, 1.82) is 0 Å². The molecule has 0 aliphatic rings. The van der Waals surface area contributed by atoms with Crippen LogP contribution in [-0.2, 0) is 9.59 Å². The molecule has 0 saturated carbocycles. The minimum atomic E-state index is -0.247. The molecule has 0 aliphatic heterocycles. The molecule has 1 rings (SSSR count). The van der Waals surface area contributed by atoms with Gasteiger partial charge in [0.1, 0.15) is 12.0 Å². The van der Waals surface area contributed by atoms with E-state index in [4.69, 9.17) is 0 Å². The molecule has 68 valence electrons. The van der Waals surface area contributed by atoms with E-state index in [2.05, 4.69) is 20.6 Å². The van der Waals surface area contributed by atoms with Gasteiger partial charge in [-0.05, 0) is 0 Å². The molecule has 0 spiro atoms. The highest BCUT2D eigenvalue weighted by Crippen LogP contribution is 2.14. The van der Waals surface area contributed by atoms with Gasteiger partial charge in [0.15, 0.2) is 5.82 Å². The second-order valence-corrected chi connectivity index (χ2v) is 2.23. The Balaban J connectivity index is 2.90. The first-order valence-electron chi connectivity index (χ1n) is 3.52. The van der Waals surface area contributed by atoms with Crippen molar-refractivity contribution < 1.29 is 9.59 Å². The molecule has 1 aromatic heterocycles. The molecule has 0 unspecified atom stereocenters. The van der Waals surface area contributed by atoms with Crippen molar-refractivity contribution in [3.8, 4) is 0 Å². The predicted octanol–water partition coefficient (Wildman–Crippen LogP) is 0.00330. The van der Waals surface area contributed by atoms with E-state index in [0.717, 1.165) is 0 Å². The van der Waals surface area contributed by atoms with E-state index in [0.29, 0.717) is 12.1 Å². The molecule has 0 saturated heterocycles. The normalized spacial score (nSPS) is 9.00. The standard InChI is InChI=1S/C7H8N4O2/c1-5(13)11-6-2-8-3-9-7(6)10-4-12/h2-4H,1H3,(H,11,13)(H,8,9,10,12). The largest absolute Gasteiger partial charge is 0.322 e. The molecule has 0 aromatic carbocycles. The summed E-state index contributed by atoms with van der Waals surface area (Å²) in [5.74, 6) is 0.0314. The molecule has 0 fully saturated rings. The molecule has 13 heavy (non-hydrogen) atoms. The molecule has 1 heterocycles. The van der Waals surface area contributed by atoms with Crippen molar-refractivity contribution in [2.24, 2.45) is 0 Å². The maximum atomic E-state index is 10.7. The first-order chi connectivity index (χ1) is 6.24. The lowest BCUT2D eigenvalue weighted by molar-refractivity contribution is -0.114. The Kier molecular flexibility index (Phi) is 2.91. The number of amides is 2. The Morgan fingerprint density at radius 1 is 1.62 bits per heavy atom. The number of anilines is 2. The van der Waals surface area contributed by atoms with Crippen LogP contribution in [0.15, 0.2) is 12.5 Å². The van der Waals surface area contributed by atoms with Crippen LogP contribution in [0.5, 0.6) is 0 Å². The molecule has 6 nitrogen and oxygen atoms in total. The molecule has 2 amide bonds. The van der Waals surface area contributed by atoms with E-state index >= 15 is 0 Å².